The number of methoxy groups -OCH3 is 1. The number of hydrogen-bond donors (Lipinski definition) is 1. The van der Waals surface area contributed by atoms with Gasteiger partial charge < -0.3 is 9.47 Å². The smallest absolute Gasteiger partial charge is 0.264 e. The number of hydrogen-bond acceptors (Lipinski definition) is 6. The third kappa shape index (κ3) is 6.02. The van der Waals surface area contributed by atoms with E-state index in [-0.39, 0.29) is 17.9 Å². The fraction of sp³-hybridized carbons (Fsp3) is 0.318. The van der Waals surface area contributed by atoms with Crippen molar-refractivity contribution in [2.24, 2.45) is 0 Å². The molecule has 0 aliphatic heterocycles. The van der Waals surface area contributed by atoms with E-state index in [2.05, 4.69) is 36.3 Å². The molecular formula is C22H25N3O3S. The molecule has 0 aliphatic rings. The fourth-order valence-electron chi connectivity index (χ4n) is 2.65. The first-order valence-electron chi connectivity index (χ1n) is 9.32. The number of nitrogens with one attached hydrogen (secondary N) is 1. The molecule has 2 aromatic carbocycles. The highest BCUT2D eigenvalue weighted by Gasteiger charge is 2.14. The van der Waals surface area contributed by atoms with Crippen LogP contribution in [0.3, 0.4) is 0 Å². The standard InChI is InChI=1S/C22H25N3O3S/c1-22(2,3)16-7-11-18(12-8-16)28-14-19(26)23-21-25-24-20(29-21)13-15-5-9-17(27-4)10-6-15/h5-12H,13-14H2,1-4H3,(H,23,25,26). The molecule has 0 atom stereocenters. The molecule has 0 saturated carbocycles. The molecule has 1 N–H and O–H groups in total. The third-order valence-corrected chi connectivity index (χ3v) is 5.16. The van der Waals surface area contributed by atoms with Gasteiger partial charge in [0.05, 0.1) is 7.11 Å². The number of nitrogens with zero attached hydrogens (tertiary/aromatic N) is 2. The number of amides is 1. The van der Waals surface area contributed by atoms with Crippen molar-refractivity contribution in [3.63, 3.8) is 0 Å². The van der Waals surface area contributed by atoms with Gasteiger partial charge in [-0.3, -0.25) is 10.1 Å². The summed E-state index contributed by atoms with van der Waals surface area (Å²) in [6.45, 7) is 6.38. The molecule has 0 radical (unpaired) electrons. The Morgan fingerprint density at radius 1 is 1.00 bits per heavy atom. The number of carbonyl (C=O) groups is 1. The zero-order valence-corrected chi connectivity index (χ0v) is 17.9. The van der Waals surface area contributed by atoms with Crippen LogP contribution in [0.4, 0.5) is 5.13 Å². The normalized spacial score (nSPS) is 11.2. The van der Waals surface area contributed by atoms with E-state index >= 15 is 0 Å². The van der Waals surface area contributed by atoms with Crippen molar-refractivity contribution in [3.8, 4) is 11.5 Å². The van der Waals surface area contributed by atoms with Crippen LogP contribution in [0.15, 0.2) is 48.5 Å². The molecule has 0 aliphatic carbocycles. The zero-order valence-electron chi connectivity index (χ0n) is 17.1. The first kappa shape index (κ1) is 20.8. The van der Waals surface area contributed by atoms with Crippen molar-refractivity contribution in [1.82, 2.24) is 10.2 Å². The molecule has 29 heavy (non-hydrogen) atoms. The molecule has 3 aromatic rings. The number of ether oxygens (including phenoxy) is 2. The second kappa shape index (κ2) is 9.05. The maximum atomic E-state index is 12.1. The molecule has 0 spiro atoms. The summed E-state index contributed by atoms with van der Waals surface area (Å²) in [7, 11) is 1.64. The molecule has 0 bridgehead atoms. The Labute approximate surface area is 174 Å². The van der Waals surface area contributed by atoms with Gasteiger partial charge in [0, 0.05) is 6.42 Å². The van der Waals surface area contributed by atoms with Crippen LogP contribution in [0.2, 0.25) is 0 Å². The van der Waals surface area contributed by atoms with Crippen LogP contribution in [0.25, 0.3) is 0 Å². The van der Waals surface area contributed by atoms with Gasteiger partial charge >= 0.3 is 0 Å². The Balaban J connectivity index is 1.49. The summed E-state index contributed by atoms with van der Waals surface area (Å²) < 4.78 is 10.7. The monoisotopic (exact) mass is 411 g/mol. The van der Waals surface area contributed by atoms with Crippen molar-refractivity contribution in [3.05, 3.63) is 64.7 Å². The maximum Gasteiger partial charge on any atom is 0.264 e. The number of carbonyl (C=O) groups excluding carboxylic acids is 1. The van der Waals surface area contributed by atoms with Crippen LogP contribution >= 0.6 is 11.3 Å². The molecule has 1 aromatic heterocycles. The molecule has 1 amide bonds. The topological polar surface area (TPSA) is 73.3 Å². The fourth-order valence-corrected chi connectivity index (χ4v) is 3.44. The number of anilines is 1. The predicted octanol–water partition coefficient (Wildman–Crippen LogP) is 4.45. The van der Waals surface area contributed by atoms with Gasteiger partial charge in [0.1, 0.15) is 16.5 Å². The van der Waals surface area contributed by atoms with E-state index < -0.39 is 0 Å². The molecule has 6 nitrogen and oxygen atoms in total. The summed E-state index contributed by atoms with van der Waals surface area (Å²) >= 11 is 1.35. The minimum atomic E-state index is -0.267. The predicted molar refractivity (Wildman–Crippen MR) is 115 cm³/mol. The quantitative estimate of drug-likeness (QED) is 0.622. The maximum absolute atomic E-state index is 12.1. The molecule has 0 saturated heterocycles. The lowest BCUT2D eigenvalue weighted by Crippen LogP contribution is -2.20. The molecule has 0 fully saturated rings. The molecular weight excluding hydrogens is 386 g/mol. The second-order valence-electron chi connectivity index (χ2n) is 7.64. The third-order valence-electron chi connectivity index (χ3n) is 4.32. The summed E-state index contributed by atoms with van der Waals surface area (Å²) in [4.78, 5) is 12.1. The van der Waals surface area contributed by atoms with Crippen molar-refractivity contribution in [2.45, 2.75) is 32.6 Å². The molecule has 0 unspecified atom stereocenters. The van der Waals surface area contributed by atoms with E-state index in [0.29, 0.717) is 17.3 Å². The van der Waals surface area contributed by atoms with Gasteiger partial charge in [-0.15, -0.1) is 10.2 Å². The highest BCUT2D eigenvalue weighted by atomic mass is 32.1. The van der Waals surface area contributed by atoms with Crippen molar-refractivity contribution >= 4 is 22.4 Å². The Morgan fingerprint density at radius 3 is 2.28 bits per heavy atom. The molecule has 1 heterocycles. The number of aromatic nitrogens is 2. The van der Waals surface area contributed by atoms with Gasteiger partial charge in [-0.2, -0.15) is 0 Å². The summed E-state index contributed by atoms with van der Waals surface area (Å²) in [5.41, 5.74) is 2.39. The number of benzene rings is 2. The summed E-state index contributed by atoms with van der Waals surface area (Å²) in [6.07, 6.45) is 0.647. The lowest BCUT2D eigenvalue weighted by molar-refractivity contribution is -0.118. The van der Waals surface area contributed by atoms with E-state index in [1.807, 2.05) is 48.5 Å². The van der Waals surface area contributed by atoms with Crippen molar-refractivity contribution < 1.29 is 14.3 Å². The van der Waals surface area contributed by atoms with Gasteiger partial charge in [0.25, 0.3) is 5.91 Å². The average molecular weight is 412 g/mol. The first-order valence-corrected chi connectivity index (χ1v) is 10.1. The van der Waals surface area contributed by atoms with Crippen LogP contribution < -0.4 is 14.8 Å². The van der Waals surface area contributed by atoms with Crippen LogP contribution in [0.5, 0.6) is 11.5 Å². The van der Waals surface area contributed by atoms with Crippen LogP contribution in [-0.2, 0) is 16.6 Å². The van der Waals surface area contributed by atoms with E-state index in [1.165, 1.54) is 16.9 Å². The van der Waals surface area contributed by atoms with Gasteiger partial charge in [0.2, 0.25) is 5.13 Å². The van der Waals surface area contributed by atoms with Crippen molar-refractivity contribution in [2.75, 3.05) is 19.0 Å². The average Bonchev–Trinajstić information content (AvgIpc) is 3.13. The van der Waals surface area contributed by atoms with E-state index in [1.54, 1.807) is 7.11 Å². The molecule has 7 heteroatoms. The number of rotatable bonds is 7. The Hall–Kier alpha value is -2.93. The Kier molecular flexibility index (Phi) is 6.49. The summed E-state index contributed by atoms with van der Waals surface area (Å²) in [6, 6.07) is 15.6. The minimum absolute atomic E-state index is 0.0806. The second-order valence-corrected chi connectivity index (χ2v) is 8.70. The highest BCUT2D eigenvalue weighted by Crippen LogP contribution is 2.24. The zero-order chi connectivity index (χ0) is 20.9. The Bertz CT molecular complexity index is 945. The van der Waals surface area contributed by atoms with Crippen LogP contribution in [-0.4, -0.2) is 29.8 Å². The summed E-state index contributed by atoms with van der Waals surface area (Å²) in [5.74, 6) is 1.20. The van der Waals surface area contributed by atoms with Gasteiger partial charge in [-0.05, 0) is 40.8 Å². The molecule has 152 valence electrons. The molecule has 3 rings (SSSR count). The van der Waals surface area contributed by atoms with Crippen molar-refractivity contribution in [1.29, 1.82) is 0 Å². The van der Waals surface area contributed by atoms with Crippen LogP contribution in [0.1, 0.15) is 36.9 Å². The van der Waals surface area contributed by atoms with Gasteiger partial charge in [-0.1, -0.05) is 56.4 Å². The SMILES string of the molecule is COc1ccc(Cc2nnc(NC(=O)COc3ccc(C(C)(C)C)cc3)s2)cc1. The van der Waals surface area contributed by atoms with Gasteiger partial charge in [0.15, 0.2) is 6.61 Å². The Morgan fingerprint density at radius 2 is 1.66 bits per heavy atom. The highest BCUT2D eigenvalue weighted by molar-refractivity contribution is 7.15. The van der Waals surface area contributed by atoms with E-state index in [9.17, 15) is 4.79 Å². The van der Waals surface area contributed by atoms with Crippen LogP contribution in [0, 0.1) is 0 Å². The van der Waals surface area contributed by atoms with E-state index in [0.717, 1.165) is 16.3 Å². The largest absolute Gasteiger partial charge is 0.497 e. The summed E-state index contributed by atoms with van der Waals surface area (Å²) in [5, 5.41) is 12.2. The minimum Gasteiger partial charge on any atom is -0.497 e. The first-order chi connectivity index (χ1) is 13.8. The lowest BCUT2D eigenvalue weighted by Gasteiger charge is -2.19. The van der Waals surface area contributed by atoms with E-state index in [4.69, 9.17) is 9.47 Å². The lowest BCUT2D eigenvalue weighted by atomic mass is 9.87. The van der Waals surface area contributed by atoms with Gasteiger partial charge in [-0.25, -0.2) is 0 Å².